The Morgan fingerprint density at radius 2 is 1.92 bits per heavy atom. The van der Waals surface area contributed by atoms with Gasteiger partial charge in [-0.2, -0.15) is 4.31 Å². The summed E-state index contributed by atoms with van der Waals surface area (Å²) in [7, 11) is -3.49. The highest BCUT2D eigenvalue weighted by molar-refractivity contribution is 8.14. The lowest BCUT2D eigenvalue weighted by molar-refractivity contribution is -0.387. The lowest BCUT2D eigenvalue weighted by Gasteiger charge is -2.29. The molecule has 36 heavy (non-hydrogen) atoms. The number of esters is 2. The maximum absolute atomic E-state index is 13.8. The van der Waals surface area contributed by atoms with Gasteiger partial charge in [0.1, 0.15) is 11.8 Å². The second-order valence-electron chi connectivity index (χ2n) is 9.18. The number of hydrogen-bond donors (Lipinski definition) is 0. The quantitative estimate of drug-likeness (QED) is 0.126. The van der Waals surface area contributed by atoms with Crippen LogP contribution in [0.5, 0.6) is 0 Å². The van der Waals surface area contributed by atoms with E-state index in [1.807, 2.05) is 0 Å². The largest absolute Gasteiger partial charge is 0.468 e. The fourth-order valence-corrected chi connectivity index (χ4v) is 6.37. The molecule has 1 aromatic carbocycles. The van der Waals surface area contributed by atoms with Crippen LogP contribution < -0.4 is 0 Å². The highest BCUT2D eigenvalue weighted by Crippen LogP contribution is 2.33. The van der Waals surface area contributed by atoms with Crippen LogP contribution in [0.2, 0.25) is 0 Å². The van der Waals surface area contributed by atoms with Crippen LogP contribution in [-0.2, 0) is 29.1 Å². The molecule has 1 heterocycles. The first-order valence-electron chi connectivity index (χ1n) is 11.6. The van der Waals surface area contributed by atoms with Crippen LogP contribution in [0.3, 0.4) is 0 Å². The van der Waals surface area contributed by atoms with Gasteiger partial charge in [-0.15, -0.1) is 11.8 Å². The summed E-state index contributed by atoms with van der Waals surface area (Å²) in [6, 6.07) is 4.93. The second kappa shape index (κ2) is 12.6. The summed E-state index contributed by atoms with van der Waals surface area (Å²) in [4.78, 5) is 40.3. The third-order valence-corrected chi connectivity index (χ3v) is 8.23. The van der Waals surface area contributed by atoms with Gasteiger partial charge in [0.15, 0.2) is 10.8 Å². The van der Waals surface area contributed by atoms with Crippen LogP contribution in [0.4, 0.5) is 5.69 Å². The fraction of sp³-hybridized carbons (Fsp3) is 0.609. The van der Waals surface area contributed by atoms with E-state index in [4.69, 9.17) is 9.47 Å². The third kappa shape index (κ3) is 7.74. The zero-order valence-electron chi connectivity index (χ0n) is 21.1. The van der Waals surface area contributed by atoms with Crippen molar-refractivity contribution < 1.29 is 32.4 Å². The maximum Gasteiger partial charge on any atom is 0.322 e. The fourth-order valence-electron chi connectivity index (χ4n) is 3.49. The molecule has 1 aromatic rings. The molecule has 0 saturated heterocycles. The Labute approximate surface area is 215 Å². The molecule has 0 spiro atoms. The van der Waals surface area contributed by atoms with Gasteiger partial charge in [-0.1, -0.05) is 31.9 Å². The van der Waals surface area contributed by atoms with Gasteiger partial charge in [0, 0.05) is 18.4 Å². The van der Waals surface area contributed by atoms with Gasteiger partial charge in [-0.25, -0.2) is 8.42 Å². The summed E-state index contributed by atoms with van der Waals surface area (Å²) >= 11 is 1.39. The predicted octanol–water partition coefficient (Wildman–Crippen LogP) is 3.77. The molecule has 0 amide bonds. The maximum atomic E-state index is 13.8. The highest BCUT2D eigenvalue weighted by atomic mass is 32.2. The number of unbranched alkanes of at least 4 members (excludes halogenated alkanes) is 2. The summed E-state index contributed by atoms with van der Waals surface area (Å²) in [5.41, 5.74) is -1.56. The first-order chi connectivity index (χ1) is 16.8. The second-order valence-corrected chi connectivity index (χ2v) is 12.1. The number of rotatable bonds is 12. The number of thioether (sulfide) groups is 1. The van der Waals surface area contributed by atoms with Crippen LogP contribution in [0.15, 0.2) is 34.2 Å². The lowest BCUT2D eigenvalue weighted by atomic mass is 10.1. The van der Waals surface area contributed by atoms with E-state index in [9.17, 15) is 28.1 Å². The van der Waals surface area contributed by atoms with Gasteiger partial charge in [-0.05, 0) is 39.7 Å². The minimum Gasteiger partial charge on any atom is -0.468 e. The van der Waals surface area contributed by atoms with E-state index in [1.54, 1.807) is 20.8 Å². The molecule has 2 rings (SSSR count). The molecular formula is C23H33N3O8S2. The number of nitro groups is 1. The molecule has 0 N–H and O–H groups in total. The van der Waals surface area contributed by atoms with Crippen molar-refractivity contribution in [3.8, 4) is 0 Å². The zero-order chi connectivity index (χ0) is 27.1. The van der Waals surface area contributed by atoms with E-state index in [-0.39, 0.29) is 5.75 Å². The van der Waals surface area contributed by atoms with Crippen LogP contribution in [0, 0.1) is 16.0 Å². The van der Waals surface area contributed by atoms with Crippen LogP contribution >= 0.6 is 11.8 Å². The minimum absolute atomic E-state index is 0.240. The van der Waals surface area contributed by atoms with Gasteiger partial charge in [0.2, 0.25) is 0 Å². The first-order valence-corrected chi connectivity index (χ1v) is 14.0. The lowest BCUT2D eigenvalue weighted by Crippen LogP contribution is -2.47. The van der Waals surface area contributed by atoms with Crippen molar-refractivity contribution >= 4 is 44.5 Å². The van der Waals surface area contributed by atoms with Crippen molar-refractivity contribution in [2.75, 3.05) is 19.4 Å². The smallest absolute Gasteiger partial charge is 0.322 e. The van der Waals surface area contributed by atoms with Crippen molar-refractivity contribution in [2.24, 2.45) is 10.9 Å². The number of nitro benzene ring substituents is 1. The number of carbonyl (C=O) groups is 2. The number of benzene rings is 1. The number of ether oxygens (including phenoxy) is 2. The Bertz CT molecular complexity index is 1100. The molecule has 0 radical (unpaired) electrons. The molecule has 1 unspecified atom stereocenters. The van der Waals surface area contributed by atoms with E-state index >= 15 is 0 Å². The zero-order valence-corrected chi connectivity index (χ0v) is 22.8. The first kappa shape index (κ1) is 29.7. The van der Waals surface area contributed by atoms with Crippen LogP contribution in [0.1, 0.15) is 53.4 Å². The number of carbonyl (C=O) groups excluding carboxylic acids is 2. The molecule has 1 aliphatic heterocycles. The van der Waals surface area contributed by atoms with Crippen LogP contribution in [0.25, 0.3) is 0 Å². The van der Waals surface area contributed by atoms with Gasteiger partial charge in [-0.3, -0.25) is 24.7 Å². The highest BCUT2D eigenvalue weighted by Gasteiger charge is 2.43. The summed E-state index contributed by atoms with van der Waals surface area (Å²) < 4.78 is 38.6. The summed E-state index contributed by atoms with van der Waals surface area (Å²) in [5, 5.41) is 12.3. The molecule has 0 fully saturated rings. The van der Waals surface area contributed by atoms with Crippen LogP contribution in [-0.4, -0.2) is 65.8 Å². The Balaban J connectivity index is 2.55. The number of methoxy groups -OCH3 is 1. The number of aliphatic imine (C=N–C) groups is 1. The third-order valence-electron chi connectivity index (χ3n) is 5.21. The number of nitrogens with zero attached hydrogens (tertiary/aromatic N) is 3. The van der Waals surface area contributed by atoms with E-state index in [2.05, 4.69) is 11.9 Å². The van der Waals surface area contributed by atoms with E-state index in [0.717, 1.165) is 47.9 Å². The Hall–Kier alpha value is -2.51. The normalized spacial score (nSPS) is 16.9. The van der Waals surface area contributed by atoms with E-state index in [1.165, 1.54) is 23.9 Å². The van der Waals surface area contributed by atoms with Gasteiger partial charge in [0.05, 0.1) is 17.1 Å². The van der Waals surface area contributed by atoms with Gasteiger partial charge < -0.3 is 9.47 Å². The van der Waals surface area contributed by atoms with Gasteiger partial charge in [0.25, 0.3) is 15.7 Å². The molecule has 13 heteroatoms. The Kier molecular flexibility index (Phi) is 10.4. The monoisotopic (exact) mass is 543 g/mol. The molecule has 0 bridgehead atoms. The molecule has 1 aliphatic rings. The summed E-state index contributed by atoms with van der Waals surface area (Å²) in [6.07, 6.45) is 2.59. The van der Waals surface area contributed by atoms with E-state index in [0.29, 0.717) is 6.42 Å². The molecule has 0 saturated carbocycles. The average molecular weight is 544 g/mol. The minimum atomic E-state index is -4.57. The standard InChI is InChI=1S/C23H33N3O8S2/c1-6-7-8-13-20-24-19(15-35-20)25(14-16(21(27)33-5)22(28)34-23(2,3)4)36(31,32)18-12-10-9-11-17(18)26(29)30/h9-12,16,19H,6-8,13-15H2,1-5H3/t16-,19?/m0/s1. The molecule has 11 nitrogen and oxygen atoms in total. The Morgan fingerprint density at radius 3 is 2.50 bits per heavy atom. The topological polar surface area (TPSA) is 145 Å². The molecular weight excluding hydrogens is 510 g/mol. The molecule has 2 atom stereocenters. The molecule has 200 valence electrons. The average Bonchev–Trinajstić information content (AvgIpc) is 3.26. The number of para-hydroxylation sites is 1. The van der Waals surface area contributed by atoms with Crippen molar-refractivity contribution in [1.29, 1.82) is 0 Å². The summed E-state index contributed by atoms with van der Waals surface area (Å²) in [5.74, 6) is -3.32. The number of hydrogen-bond acceptors (Lipinski definition) is 10. The van der Waals surface area contributed by atoms with E-state index < -0.39 is 61.7 Å². The number of sulfonamides is 1. The molecule has 0 aliphatic carbocycles. The Morgan fingerprint density at radius 1 is 1.25 bits per heavy atom. The van der Waals surface area contributed by atoms with Crippen molar-refractivity contribution in [2.45, 2.75) is 70.0 Å². The van der Waals surface area contributed by atoms with Crippen molar-refractivity contribution in [3.63, 3.8) is 0 Å². The summed E-state index contributed by atoms with van der Waals surface area (Å²) in [6.45, 7) is 6.26. The predicted molar refractivity (Wildman–Crippen MR) is 136 cm³/mol. The molecule has 0 aromatic heterocycles. The van der Waals surface area contributed by atoms with Crippen molar-refractivity contribution in [3.05, 3.63) is 34.4 Å². The van der Waals surface area contributed by atoms with Crippen molar-refractivity contribution in [1.82, 2.24) is 4.31 Å². The van der Waals surface area contributed by atoms with Gasteiger partial charge >= 0.3 is 11.9 Å². The SMILES string of the molecule is CCCCCC1=NC(N(C[C@@H](C(=O)OC)C(=O)OC(C)(C)C)S(=O)(=O)c2ccccc2[N+](=O)[O-])CS1.